The number of hydrogen-bond donors (Lipinski definition) is 2. The molecular weight excluding hydrogens is 232 g/mol. The molecule has 1 aromatic carbocycles. The lowest BCUT2D eigenvalue weighted by molar-refractivity contribution is -0.384. The van der Waals surface area contributed by atoms with Gasteiger partial charge >= 0.3 is 0 Å². The Hall–Kier alpha value is -2.21. The fourth-order valence-corrected chi connectivity index (χ4v) is 1.63. The van der Waals surface area contributed by atoms with Crippen molar-refractivity contribution in [2.45, 2.75) is 20.0 Å². The van der Waals surface area contributed by atoms with E-state index in [4.69, 9.17) is 0 Å². The molecule has 0 atom stereocenters. The molecule has 6 nitrogen and oxygen atoms in total. The number of non-ortho nitro benzene ring substituents is 1. The topological polar surface area (TPSA) is 83.8 Å². The zero-order valence-electron chi connectivity index (χ0n) is 10.0. The third-order valence-electron chi connectivity index (χ3n) is 2.73. The molecule has 0 amide bonds. The van der Waals surface area contributed by atoms with Crippen molar-refractivity contribution >= 4 is 5.69 Å². The van der Waals surface area contributed by atoms with Crippen molar-refractivity contribution < 1.29 is 4.92 Å². The molecule has 0 saturated carbocycles. The smallest absolute Gasteiger partial charge is 0.269 e. The van der Waals surface area contributed by atoms with Crippen LogP contribution < -0.4 is 5.32 Å². The van der Waals surface area contributed by atoms with Crippen molar-refractivity contribution in [3.05, 3.63) is 57.4 Å². The highest BCUT2D eigenvalue weighted by Gasteiger charge is 2.04. The van der Waals surface area contributed by atoms with E-state index >= 15 is 0 Å². The molecule has 18 heavy (non-hydrogen) atoms. The Kier molecular flexibility index (Phi) is 3.69. The van der Waals surface area contributed by atoms with Crippen LogP contribution in [0.1, 0.15) is 16.8 Å². The Labute approximate surface area is 104 Å². The quantitative estimate of drug-likeness (QED) is 0.623. The van der Waals surface area contributed by atoms with E-state index in [2.05, 4.69) is 15.5 Å². The highest BCUT2D eigenvalue weighted by molar-refractivity contribution is 5.32. The minimum atomic E-state index is -0.397. The van der Waals surface area contributed by atoms with Gasteiger partial charge in [0.2, 0.25) is 0 Å². The van der Waals surface area contributed by atoms with Gasteiger partial charge in [0.05, 0.1) is 11.1 Å². The molecule has 2 aromatic rings. The van der Waals surface area contributed by atoms with E-state index < -0.39 is 4.92 Å². The average Bonchev–Trinajstić information content (AvgIpc) is 2.76. The normalized spacial score (nSPS) is 10.5. The van der Waals surface area contributed by atoms with E-state index in [9.17, 15) is 10.1 Å². The Morgan fingerprint density at radius 1 is 1.33 bits per heavy atom. The summed E-state index contributed by atoms with van der Waals surface area (Å²) in [6, 6.07) is 6.54. The van der Waals surface area contributed by atoms with E-state index in [-0.39, 0.29) is 5.69 Å². The van der Waals surface area contributed by atoms with Gasteiger partial charge < -0.3 is 5.32 Å². The molecule has 2 rings (SSSR count). The number of aromatic nitrogens is 2. The summed E-state index contributed by atoms with van der Waals surface area (Å²) in [7, 11) is 0. The lowest BCUT2D eigenvalue weighted by Gasteiger charge is -2.04. The average molecular weight is 246 g/mol. The number of nitrogens with zero attached hydrogens (tertiary/aromatic N) is 2. The summed E-state index contributed by atoms with van der Waals surface area (Å²) in [4.78, 5) is 10.1. The van der Waals surface area contributed by atoms with Crippen LogP contribution >= 0.6 is 0 Å². The van der Waals surface area contributed by atoms with Crippen LogP contribution in [0.4, 0.5) is 5.69 Å². The molecule has 2 N–H and O–H groups in total. The summed E-state index contributed by atoms with van der Waals surface area (Å²) in [5.74, 6) is 0. The van der Waals surface area contributed by atoms with E-state index in [0.29, 0.717) is 6.54 Å². The van der Waals surface area contributed by atoms with Gasteiger partial charge in [-0.3, -0.25) is 15.2 Å². The minimum absolute atomic E-state index is 0.115. The lowest BCUT2D eigenvalue weighted by atomic mass is 10.2. The predicted octanol–water partition coefficient (Wildman–Crippen LogP) is 1.92. The van der Waals surface area contributed by atoms with Gasteiger partial charge in [-0.2, -0.15) is 5.10 Å². The molecule has 0 spiro atoms. The molecule has 94 valence electrons. The SMILES string of the molecule is Cc1[nH]ncc1CNCc1ccc([N+](=O)[O-])cc1. The fraction of sp³-hybridized carbons (Fsp3) is 0.250. The Morgan fingerprint density at radius 3 is 2.61 bits per heavy atom. The minimum Gasteiger partial charge on any atom is -0.308 e. The molecule has 0 bridgehead atoms. The number of aromatic amines is 1. The van der Waals surface area contributed by atoms with Gasteiger partial charge in [0.1, 0.15) is 0 Å². The zero-order chi connectivity index (χ0) is 13.0. The van der Waals surface area contributed by atoms with Crippen LogP contribution in [0, 0.1) is 17.0 Å². The summed E-state index contributed by atoms with van der Waals surface area (Å²) in [5, 5.41) is 20.6. The summed E-state index contributed by atoms with van der Waals surface area (Å²) >= 11 is 0. The number of nitro groups is 1. The van der Waals surface area contributed by atoms with Gasteiger partial charge in [0.15, 0.2) is 0 Å². The van der Waals surface area contributed by atoms with E-state index in [1.807, 2.05) is 6.92 Å². The molecule has 0 aliphatic rings. The number of benzene rings is 1. The fourth-order valence-electron chi connectivity index (χ4n) is 1.63. The number of nitro benzene ring substituents is 1. The summed E-state index contributed by atoms with van der Waals surface area (Å²) in [6.45, 7) is 3.36. The van der Waals surface area contributed by atoms with E-state index in [1.54, 1.807) is 18.3 Å². The first kappa shape index (κ1) is 12.3. The standard InChI is InChI=1S/C12H14N4O2/c1-9-11(8-14-15-9)7-13-6-10-2-4-12(5-3-10)16(17)18/h2-5,8,13H,6-7H2,1H3,(H,14,15). The van der Waals surface area contributed by atoms with E-state index in [0.717, 1.165) is 23.4 Å². The molecule has 1 heterocycles. The predicted molar refractivity (Wildman–Crippen MR) is 67.0 cm³/mol. The van der Waals surface area contributed by atoms with Crippen LogP contribution in [0.25, 0.3) is 0 Å². The molecule has 1 aromatic heterocycles. The summed E-state index contributed by atoms with van der Waals surface area (Å²) < 4.78 is 0. The van der Waals surface area contributed by atoms with Crippen LogP contribution in [0.2, 0.25) is 0 Å². The van der Waals surface area contributed by atoms with Crippen molar-refractivity contribution in [2.24, 2.45) is 0 Å². The molecule has 0 aliphatic heterocycles. The maximum atomic E-state index is 10.5. The van der Waals surface area contributed by atoms with Gasteiger partial charge in [-0.15, -0.1) is 0 Å². The number of hydrogen-bond acceptors (Lipinski definition) is 4. The number of rotatable bonds is 5. The van der Waals surface area contributed by atoms with Crippen molar-refractivity contribution in [2.75, 3.05) is 0 Å². The molecular formula is C12H14N4O2. The second-order valence-corrected chi connectivity index (χ2v) is 4.05. The first-order valence-electron chi connectivity index (χ1n) is 5.59. The Morgan fingerprint density at radius 2 is 2.06 bits per heavy atom. The lowest BCUT2D eigenvalue weighted by Crippen LogP contribution is -2.12. The summed E-state index contributed by atoms with van der Waals surface area (Å²) in [5.41, 5.74) is 3.30. The highest BCUT2D eigenvalue weighted by atomic mass is 16.6. The maximum absolute atomic E-state index is 10.5. The largest absolute Gasteiger partial charge is 0.308 e. The Balaban J connectivity index is 1.87. The monoisotopic (exact) mass is 246 g/mol. The van der Waals surface area contributed by atoms with Crippen LogP contribution in [-0.4, -0.2) is 15.1 Å². The van der Waals surface area contributed by atoms with Crippen LogP contribution in [0.3, 0.4) is 0 Å². The third-order valence-corrected chi connectivity index (χ3v) is 2.73. The first-order valence-corrected chi connectivity index (χ1v) is 5.59. The van der Waals surface area contributed by atoms with Crippen molar-refractivity contribution in [1.82, 2.24) is 15.5 Å². The van der Waals surface area contributed by atoms with Gasteiger partial charge in [-0.05, 0) is 12.5 Å². The second kappa shape index (κ2) is 5.42. The Bertz CT molecular complexity index is 533. The van der Waals surface area contributed by atoms with Crippen molar-refractivity contribution in [3.63, 3.8) is 0 Å². The van der Waals surface area contributed by atoms with Gasteiger partial charge in [-0.25, -0.2) is 0 Å². The van der Waals surface area contributed by atoms with Crippen LogP contribution in [0.15, 0.2) is 30.5 Å². The van der Waals surface area contributed by atoms with Gasteiger partial charge in [-0.1, -0.05) is 12.1 Å². The van der Waals surface area contributed by atoms with Crippen LogP contribution in [-0.2, 0) is 13.1 Å². The molecule has 0 saturated heterocycles. The van der Waals surface area contributed by atoms with Crippen molar-refractivity contribution in [1.29, 1.82) is 0 Å². The van der Waals surface area contributed by atoms with Crippen molar-refractivity contribution in [3.8, 4) is 0 Å². The molecule has 0 fully saturated rings. The first-order chi connectivity index (χ1) is 8.66. The molecule has 0 radical (unpaired) electrons. The van der Waals surface area contributed by atoms with E-state index in [1.165, 1.54) is 12.1 Å². The van der Waals surface area contributed by atoms with Gasteiger partial charge in [0.25, 0.3) is 5.69 Å². The number of aryl methyl sites for hydroxylation is 1. The number of nitrogens with one attached hydrogen (secondary N) is 2. The van der Waals surface area contributed by atoms with Crippen LogP contribution in [0.5, 0.6) is 0 Å². The molecule has 0 unspecified atom stereocenters. The third kappa shape index (κ3) is 2.92. The molecule has 6 heteroatoms. The second-order valence-electron chi connectivity index (χ2n) is 4.05. The highest BCUT2D eigenvalue weighted by Crippen LogP contribution is 2.11. The number of H-pyrrole nitrogens is 1. The zero-order valence-corrected chi connectivity index (χ0v) is 10.0. The maximum Gasteiger partial charge on any atom is 0.269 e. The van der Waals surface area contributed by atoms with Gasteiger partial charge in [0, 0.05) is 36.5 Å². The summed E-state index contributed by atoms with van der Waals surface area (Å²) in [6.07, 6.45) is 1.79. The molecule has 0 aliphatic carbocycles.